The summed E-state index contributed by atoms with van der Waals surface area (Å²) in [5, 5.41) is 16.0. The number of nitrogens with zero attached hydrogens (tertiary/aromatic N) is 6. The normalized spacial score (nSPS) is 14.7. The van der Waals surface area contributed by atoms with Crippen LogP contribution < -0.4 is 10.6 Å². The molecule has 2 aromatic carbocycles. The van der Waals surface area contributed by atoms with Gasteiger partial charge in [0.2, 0.25) is 17.7 Å². The first-order valence-electron chi connectivity index (χ1n) is 15.0. The van der Waals surface area contributed by atoms with Crippen molar-refractivity contribution in [3.8, 4) is 5.69 Å². The van der Waals surface area contributed by atoms with E-state index in [-0.39, 0.29) is 28.6 Å². The van der Waals surface area contributed by atoms with E-state index in [1.807, 2.05) is 14.1 Å². The number of hydrogen-bond donors (Lipinski definition) is 2. The maximum Gasteiger partial charge on any atom is 0.338 e. The number of tetrazole rings is 1. The molecule has 0 spiro atoms. The van der Waals surface area contributed by atoms with Gasteiger partial charge in [0.1, 0.15) is 18.0 Å². The molecule has 0 saturated carbocycles. The molecule has 250 valence electrons. The van der Waals surface area contributed by atoms with Gasteiger partial charge in [-0.2, -0.15) is 4.68 Å². The summed E-state index contributed by atoms with van der Waals surface area (Å²) >= 11 is 5.98. The summed E-state index contributed by atoms with van der Waals surface area (Å²) in [5.41, 5.74) is 0.111. The molecule has 1 atom stereocenters. The van der Waals surface area contributed by atoms with Crippen LogP contribution in [0.4, 0.5) is 10.1 Å². The fourth-order valence-corrected chi connectivity index (χ4v) is 5.13. The molecule has 1 saturated heterocycles. The van der Waals surface area contributed by atoms with Gasteiger partial charge in [-0.3, -0.25) is 14.4 Å². The Bertz CT molecular complexity index is 1620. The lowest BCUT2D eigenvalue weighted by molar-refractivity contribution is -0.135. The number of aromatic nitrogens is 4. The van der Waals surface area contributed by atoms with E-state index in [4.69, 9.17) is 16.3 Å². The van der Waals surface area contributed by atoms with Crippen LogP contribution in [0.3, 0.4) is 0 Å². The van der Waals surface area contributed by atoms with Gasteiger partial charge in [-0.15, -0.1) is 5.10 Å². The number of piperidine rings is 1. The van der Waals surface area contributed by atoms with Crippen molar-refractivity contribution in [2.24, 2.45) is 0 Å². The van der Waals surface area contributed by atoms with Crippen LogP contribution in [0.1, 0.15) is 56.0 Å². The minimum absolute atomic E-state index is 0.0640. The molecule has 1 aliphatic rings. The number of hydrogen-bond acceptors (Lipinski definition) is 9. The van der Waals surface area contributed by atoms with Crippen molar-refractivity contribution in [1.82, 2.24) is 35.3 Å². The first-order chi connectivity index (χ1) is 22.2. The molecule has 4 rings (SSSR count). The summed E-state index contributed by atoms with van der Waals surface area (Å²) in [4.78, 5) is 56.1. The molecule has 0 bridgehead atoms. The predicted molar refractivity (Wildman–Crippen MR) is 173 cm³/mol. The summed E-state index contributed by atoms with van der Waals surface area (Å²) in [6, 6.07) is 7.93. The third-order valence-corrected chi connectivity index (χ3v) is 7.74. The Morgan fingerprint density at radius 2 is 1.79 bits per heavy atom. The molecule has 13 nitrogen and oxygen atoms in total. The van der Waals surface area contributed by atoms with Gasteiger partial charge in [-0.25, -0.2) is 9.18 Å². The fraction of sp³-hybridized carbons (Fsp3) is 0.406. The van der Waals surface area contributed by atoms with Crippen molar-refractivity contribution in [3.63, 3.8) is 0 Å². The van der Waals surface area contributed by atoms with E-state index < -0.39 is 35.2 Å². The van der Waals surface area contributed by atoms with Crippen molar-refractivity contribution in [2.75, 3.05) is 32.5 Å². The highest BCUT2D eigenvalue weighted by molar-refractivity contribution is 6.31. The van der Waals surface area contributed by atoms with Gasteiger partial charge in [0, 0.05) is 36.5 Å². The maximum absolute atomic E-state index is 15.0. The molecule has 1 aromatic heterocycles. The number of carbonyl (C=O) groups excluding carboxylic acids is 4. The van der Waals surface area contributed by atoms with Gasteiger partial charge in [0.25, 0.3) is 0 Å². The molecule has 47 heavy (non-hydrogen) atoms. The average molecular weight is 669 g/mol. The highest BCUT2D eigenvalue weighted by atomic mass is 35.5. The standard InChI is InChI=1S/C32H38ClFN8O5/c1-32(2,3)47-31(46)20-6-8-21(9-7-20)36-30(45)25(18-28(44)41-16-14-22(15-17-41)40(4)5)37-27(43)13-10-23-26(42-19-35-38-39-42)12-11-24(33)29(23)34/h6-13,19,22,25H,14-18H2,1-5H3,(H,36,45)(H,37,43)/b13-10+/t25-/m0/s1. The number of ether oxygens (including phenoxy) is 1. The fourth-order valence-electron chi connectivity index (χ4n) is 4.97. The number of amides is 3. The zero-order valence-electron chi connectivity index (χ0n) is 26.9. The van der Waals surface area contributed by atoms with Crippen LogP contribution >= 0.6 is 11.6 Å². The van der Waals surface area contributed by atoms with Gasteiger partial charge in [0.05, 0.1) is 22.7 Å². The third kappa shape index (κ3) is 9.66. The molecule has 3 aromatic rings. The van der Waals surface area contributed by atoms with Gasteiger partial charge in [0.15, 0.2) is 5.82 Å². The van der Waals surface area contributed by atoms with Gasteiger partial charge in [-0.1, -0.05) is 11.6 Å². The first-order valence-corrected chi connectivity index (χ1v) is 15.4. The quantitative estimate of drug-likeness (QED) is 0.244. The molecular weight excluding hydrogens is 631 g/mol. The zero-order valence-corrected chi connectivity index (χ0v) is 27.6. The Labute approximate surface area is 277 Å². The average Bonchev–Trinajstić information content (AvgIpc) is 3.56. The largest absolute Gasteiger partial charge is 0.456 e. The highest BCUT2D eigenvalue weighted by Crippen LogP contribution is 2.25. The first kappa shape index (κ1) is 35.2. The number of esters is 1. The zero-order chi connectivity index (χ0) is 34.3. The molecule has 0 radical (unpaired) electrons. The minimum atomic E-state index is -1.28. The molecule has 3 amide bonds. The monoisotopic (exact) mass is 668 g/mol. The second kappa shape index (κ2) is 15.3. The van der Waals surface area contributed by atoms with Crippen molar-refractivity contribution >= 4 is 47.1 Å². The van der Waals surface area contributed by atoms with E-state index in [1.165, 1.54) is 53.5 Å². The van der Waals surface area contributed by atoms with E-state index in [1.54, 1.807) is 25.7 Å². The van der Waals surface area contributed by atoms with E-state index in [0.717, 1.165) is 18.9 Å². The van der Waals surface area contributed by atoms with Crippen LogP contribution in [0.2, 0.25) is 5.02 Å². The van der Waals surface area contributed by atoms with E-state index in [2.05, 4.69) is 31.1 Å². The number of anilines is 1. The second-order valence-electron chi connectivity index (χ2n) is 12.3. The number of nitrogens with one attached hydrogen (secondary N) is 2. The molecule has 0 aliphatic carbocycles. The number of likely N-dealkylation sites (tertiary alicyclic amines) is 1. The highest BCUT2D eigenvalue weighted by Gasteiger charge is 2.29. The van der Waals surface area contributed by atoms with Crippen LogP contribution in [-0.2, 0) is 19.1 Å². The lowest BCUT2D eigenvalue weighted by Crippen LogP contribution is -2.49. The molecule has 15 heteroatoms. The SMILES string of the molecule is CN(C)C1CCN(C(=O)C[C@H](NC(=O)/C=C/c2c(-n3cnnn3)ccc(Cl)c2F)C(=O)Nc2ccc(C(=O)OC(C)(C)C)cc2)CC1. The number of benzene rings is 2. The summed E-state index contributed by atoms with van der Waals surface area (Å²) in [6.07, 6.45) is 4.73. The molecule has 1 fully saturated rings. The van der Waals surface area contributed by atoms with E-state index >= 15 is 4.39 Å². The van der Waals surface area contributed by atoms with Gasteiger partial charge < -0.3 is 25.2 Å². The Morgan fingerprint density at radius 3 is 2.38 bits per heavy atom. The molecule has 2 heterocycles. The topological polar surface area (TPSA) is 152 Å². The number of carbonyl (C=O) groups is 4. The van der Waals surface area contributed by atoms with E-state index in [0.29, 0.717) is 30.4 Å². The molecule has 2 N–H and O–H groups in total. The Morgan fingerprint density at radius 1 is 1.11 bits per heavy atom. The smallest absolute Gasteiger partial charge is 0.338 e. The summed E-state index contributed by atoms with van der Waals surface area (Å²) in [6.45, 7) is 6.31. The Balaban J connectivity index is 1.51. The van der Waals surface area contributed by atoms with Crippen LogP contribution in [0.15, 0.2) is 48.8 Å². The van der Waals surface area contributed by atoms with Crippen LogP contribution in [0.5, 0.6) is 0 Å². The van der Waals surface area contributed by atoms with E-state index in [9.17, 15) is 19.2 Å². The minimum Gasteiger partial charge on any atom is -0.456 e. The van der Waals surface area contributed by atoms with Crippen LogP contribution in [0, 0.1) is 5.82 Å². The summed E-state index contributed by atoms with van der Waals surface area (Å²) in [5.74, 6) is -3.03. The third-order valence-electron chi connectivity index (χ3n) is 7.45. The predicted octanol–water partition coefficient (Wildman–Crippen LogP) is 3.49. The van der Waals surface area contributed by atoms with Crippen molar-refractivity contribution in [3.05, 3.63) is 70.8 Å². The summed E-state index contributed by atoms with van der Waals surface area (Å²) in [7, 11) is 3.99. The lowest BCUT2D eigenvalue weighted by atomic mass is 10.0. The van der Waals surface area contributed by atoms with Crippen LogP contribution in [-0.4, -0.2) is 98.6 Å². The number of rotatable bonds is 10. The Hall–Kier alpha value is -4.69. The van der Waals surface area contributed by atoms with Crippen LogP contribution in [0.25, 0.3) is 11.8 Å². The number of halogens is 2. The van der Waals surface area contributed by atoms with Crippen molar-refractivity contribution in [1.29, 1.82) is 0 Å². The molecule has 1 aliphatic heterocycles. The molecule has 0 unspecified atom stereocenters. The molecular formula is C32H38ClFN8O5. The van der Waals surface area contributed by atoms with Crippen molar-refractivity contribution < 1.29 is 28.3 Å². The Kier molecular flexibility index (Phi) is 11.4. The maximum atomic E-state index is 15.0. The van der Waals surface area contributed by atoms with Crippen molar-refractivity contribution in [2.45, 2.75) is 57.7 Å². The lowest BCUT2D eigenvalue weighted by Gasteiger charge is -2.35. The second-order valence-corrected chi connectivity index (χ2v) is 12.7. The van der Waals surface area contributed by atoms with Gasteiger partial charge in [-0.05, 0) is 101 Å². The summed E-state index contributed by atoms with van der Waals surface area (Å²) < 4.78 is 21.6. The van der Waals surface area contributed by atoms with Gasteiger partial charge >= 0.3 is 5.97 Å².